The second-order valence-electron chi connectivity index (χ2n) is 7.68. The summed E-state index contributed by atoms with van der Waals surface area (Å²) >= 11 is 0. The van der Waals surface area contributed by atoms with Crippen molar-refractivity contribution >= 4 is 5.91 Å². The van der Waals surface area contributed by atoms with Gasteiger partial charge in [0.15, 0.2) is 0 Å². The van der Waals surface area contributed by atoms with Gasteiger partial charge in [0.25, 0.3) is 0 Å². The Balaban J connectivity index is 1.90. The van der Waals surface area contributed by atoms with Crippen molar-refractivity contribution in [3.63, 3.8) is 0 Å². The van der Waals surface area contributed by atoms with E-state index in [1.165, 1.54) is 0 Å². The third kappa shape index (κ3) is 2.91. The van der Waals surface area contributed by atoms with Gasteiger partial charge in [0.1, 0.15) is 5.54 Å². The zero-order valence-electron chi connectivity index (χ0n) is 14.6. The van der Waals surface area contributed by atoms with Crippen LogP contribution in [0, 0.1) is 17.3 Å². The largest absolute Gasteiger partial charge is 0.378 e. The molecule has 1 amide bonds. The topological polar surface area (TPSA) is 73.6 Å². The Morgan fingerprint density at radius 2 is 2.14 bits per heavy atom. The molecule has 0 aromatic heterocycles. The summed E-state index contributed by atoms with van der Waals surface area (Å²) < 4.78 is 11.5. The summed E-state index contributed by atoms with van der Waals surface area (Å²) in [5.41, 5.74) is 5.23. The van der Waals surface area contributed by atoms with E-state index in [4.69, 9.17) is 15.2 Å². The lowest BCUT2D eigenvalue weighted by Gasteiger charge is -2.57. The first-order valence-corrected chi connectivity index (χ1v) is 8.54. The first kappa shape index (κ1) is 17.7. The Kier molecular flexibility index (Phi) is 5.20. The van der Waals surface area contributed by atoms with Crippen LogP contribution in [0.3, 0.4) is 0 Å². The molecule has 0 aromatic rings. The van der Waals surface area contributed by atoms with Crippen molar-refractivity contribution in [3.8, 4) is 0 Å². The van der Waals surface area contributed by atoms with E-state index in [1.54, 1.807) is 0 Å². The van der Waals surface area contributed by atoms with Gasteiger partial charge in [-0.15, -0.1) is 0 Å². The van der Waals surface area contributed by atoms with E-state index in [-0.39, 0.29) is 23.5 Å². The summed E-state index contributed by atoms with van der Waals surface area (Å²) in [6.45, 7) is 12.4. The van der Waals surface area contributed by atoms with Crippen molar-refractivity contribution in [2.45, 2.75) is 65.2 Å². The van der Waals surface area contributed by atoms with Gasteiger partial charge >= 0.3 is 0 Å². The van der Waals surface area contributed by atoms with Crippen LogP contribution in [-0.2, 0) is 14.3 Å². The van der Waals surface area contributed by atoms with E-state index in [1.807, 2.05) is 20.8 Å². The van der Waals surface area contributed by atoms with Crippen LogP contribution < -0.4 is 11.1 Å². The zero-order chi connectivity index (χ0) is 16.5. The molecule has 2 aliphatic rings. The van der Waals surface area contributed by atoms with Crippen LogP contribution in [0.2, 0.25) is 0 Å². The highest BCUT2D eigenvalue weighted by molar-refractivity contribution is 5.88. The molecule has 5 heteroatoms. The highest BCUT2D eigenvalue weighted by Crippen LogP contribution is 2.49. The second kappa shape index (κ2) is 6.46. The van der Waals surface area contributed by atoms with E-state index in [0.717, 1.165) is 13.0 Å². The lowest BCUT2D eigenvalue weighted by molar-refractivity contribution is -0.170. The summed E-state index contributed by atoms with van der Waals surface area (Å²) in [5, 5.41) is 3.07. The molecule has 3 N–H and O–H groups in total. The Bertz CT molecular complexity index is 411. The number of hydrogen-bond acceptors (Lipinski definition) is 4. The smallest absolute Gasteiger partial charge is 0.240 e. The van der Waals surface area contributed by atoms with Gasteiger partial charge in [0.2, 0.25) is 5.91 Å². The number of rotatable bonds is 6. The molecule has 0 radical (unpaired) electrons. The third-order valence-corrected chi connectivity index (χ3v) is 5.68. The van der Waals surface area contributed by atoms with Crippen molar-refractivity contribution in [2.24, 2.45) is 23.0 Å². The Hall–Kier alpha value is -0.650. The van der Waals surface area contributed by atoms with Crippen LogP contribution in [0.15, 0.2) is 0 Å². The fourth-order valence-electron chi connectivity index (χ4n) is 3.81. The maximum atomic E-state index is 12.6. The van der Waals surface area contributed by atoms with Crippen LogP contribution in [0.1, 0.15) is 47.5 Å². The SMILES string of the molecule is CCOC1CC(N)(C(=O)NCC2CCOC2C(C)C)C1(C)C. The number of amides is 1. The molecule has 4 atom stereocenters. The van der Waals surface area contributed by atoms with Gasteiger partial charge < -0.3 is 20.5 Å². The van der Waals surface area contributed by atoms with Crippen molar-refractivity contribution in [1.29, 1.82) is 0 Å². The lowest BCUT2D eigenvalue weighted by atomic mass is 9.54. The van der Waals surface area contributed by atoms with Gasteiger partial charge in [-0.05, 0) is 19.3 Å². The Morgan fingerprint density at radius 1 is 1.45 bits per heavy atom. The monoisotopic (exact) mass is 312 g/mol. The van der Waals surface area contributed by atoms with Crippen LogP contribution >= 0.6 is 0 Å². The molecule has 22 heavy (non-hydrogen) atoms. The van der Waals surface area contributed by atoms with Crippen LogP contribution in [0.4, 0.5) is 0 Å². The predicted octanol–water partition coefficient (Wildman–Crippen LogP) is 1.70. The van der Waals surface area contributed by atoms with Gasteiger partial charge in [-0.1, -0.05) is 27.7 Å². The minimum atomic E-state index is -0.834. The summed E-state index contributed by atoms with van der Waals surface area (Å²) in [6, 6.07) is 0. The molecule has 1 saturated heterocycles. The fourth-order valence-corrected chi connectivity index (χ4v) is 3.81. The van der Waals surface area contributed by atoms with E-state index < -0.39 is 5.54 Å². The maximum absolute atomic E-state index is 12.6. The number of nitrogens with two attached hydrogens (primary N) is 1. The molecular weight excluding hydrogens is 280 g/mol. The minimum absolute atomic E-state index is 0.0529. The van der Waals surface area contributed by atoms with Gasteiger partial charge in [0.05, 0.1) is 12.2 Å². The van der Waals surface area contributed by atoms with Crippen molar-refractivity contribution < 1.29 is 14.3 Å². The summed E-state index contributed by atoms with van der Waals surface area (Å²) in [7, 11) is 0. The van der Waals surface area contributed by atoms with E-state index in [0.29, 0.717) is 31.4 Å². The van der Waals surface area contributed by atoms with Gasteiger partial charge in [-0.3, -0.25) is 4.79 Å². The summed E-state index contributed by atoms with van der Waals surface area (Å²) in [4.78, 5) is 12.6. The molecule has 1 aliphatic carbocycles. The number of carbonyl (C=O) groups is 1. The average molecular weight is 312 g/mol. The minimum Gasteiger partial charge on any atom is -0.378 e. The van der Waals surface area contributed by atoms with Gasteiger partial charge in [0, 0.05) is 37.5 Å². The van der Waals surface area contributed by atoms with Crippen LogP contribution in [0.5, 0.6) is 0 Å². The number of ether oxygens (including phenoxy) is 2. The third-order valence-electron chi connectivity index (χ3n) is 5.68. The average Bonchev–Trinajstić information content (AvgIpc) is 2.92. The predicted molar refractivity (Wildman–Crippen MR) is 86.4 cm³/mol. The maximum Gasteiger partial charge on any atom is 0.240 e. The molecule has 128 valence electrons. The quantitative estimate of drug-likeness (QED) is 0.783. The van der Waals surface area contributed by atoms with Crippen molar-refractivity contribution in [3.05, 3.63) is 0 Å². The van der Waals surface area contributed by atoms with E-state index in [2.05, 4.69) is 19.2 Å². The molecule has 0 bridgehead atoms. The molecule has 0 aromatic carbocycles. The van der Waals surface area contributed by atoms with E-state index in [9.17, 15) is 4.79 Å². The van der Waals surface area contributed by atoms with Gasteiger partial charge in [-0.25, -0.2) is 0 Å². The standard InChI is InChI=1S/C17H32N2O3/c1-6-21-13-9-17(18,16(13,4)5)15(20)19-10-12-7-8-22-14(12)11(2)3/h11-14H,6-10,18H2,1-5H3,(H,19,20). The number of nitrogens with one attached hydrogen (secondary N) is 1. The molecule has 1 saturated carbocycles. The number of carbonyl (C=O) groups excluding carboxylic acids is 1. The molecule has 0 spiro atoms. The molecular formula is C17H32N2O3. The van der Waals surface area contributed by atoms with Crippen LogP contribution in [0.25, 0.3) is 0 Å². The number of hydrogen-bond donors (Lipinski definition) is 2. The highest BCUT2D eigenvalue weighted by Gasteiger charge is 2.62. The van der Waals surface area contributed by atoms with Crippen molar-refractivity contribution in [1.82, 2.24) is 5.32 Å². The molecule has 1 aliphatic heterocycles. The second-order valence-corrected chi connectivity index (χ2v) is 7.68. The van der Waals surface area contributed by atoms with Crippen molar-refractivity contribution in [2.75, 3.05) is 19.8 Å². The summed E-state index contributed by atoms with van der Waals surface area (Å²) in [5.74, 6) is 0.806. The molecule has 2 fully saturated rings. The Morgan fingerprint density at radius 3 is 2.68 bits per heavy atom. The fraction of sp³-hybridized carbons (Fsp3) is 0.941. The first-order valence-electron chi connectivity index (χ1n) is 8.54. The summed E-state index contributed by atoms with van der Waals surface area (Å²) in [6.07, 6.45) is 1.89. The lowest BCUT2D eigenvalue weighted by Crippen LogP contribution is -2.76. The highest BCUT2D eigenvalue weighted by atomic mass is 16.5. The Labute approximate surface area is 134 Å². The molecule has 5 nitrogen and oxygen atoms in total. The van der Waals surface area contributed by atoms with Crippen LogP contribution in [-0.4, -0.2) is 43.4 Å². The normalized spacial score (nSPS) is 37.1. The molecule has 1 heterocycles. The zero-order valence-corrected chi connectivity index (χ0v) is 14.6. The van der Waals surface area contributed by atoms with Gasteiger partial charge in [-0.2, -0.15) is 0 Å². The first-order chi connectivity index (χ1) is 10.2. The molecule has 2 rings (SSSR count). The van der Waals surface area contributed by atoms with E-state index >= 15 is 0 Å². The molecule has 4 unspecified atom stereocenters.